The van der Waals surface area contributed by atoms with Crippen molar-refractivity contribution in [3.63, 3.8) is 0 Å². The highest BCUT2D eigenvalue weighted by atomic mass is 35.5. The van der Waals surface area contributed by atoms with Crippen LogP contribution in [-0.2, 0) is 19.0 Å². The lowest BCUT2D eigenvalue weighted by atomic mass is 10.0. The Morgan fingerprint density at radius 3 is 1.48 bits per heavy atom. The predicted molar refractivity (Wildman–Crippen MR) is 104 cm³/mol. The molecule has 0 N–H and O–H groups in total. The maximum atomic E-state index is 12.6. The second-order valence-corrected chi connectivity index (χ2v) is 10.8. The topological polar surface area (TPSA) is 99.7 Å². The summed E-state index contributed by atoms with van der Waals surface area (Å²) in [4.78, 5) is 26.3. The fourth-order valence-electron chi connectivity index (χ4n) is 4.25. The summed E-state index contributed by atoms with van der Waals surface area (Å²) in [6.45, 7) is 0.477. The summed E-state index contributed by atoms with van der Waals surface area (Å²) in [5, 5.41) is 1.49. The number of urea groups is 2. The van der Waals surface area contributed by atoms with Crippen molar-refractivity contribution in [3.05, 3.63) is 0 Å². The summed E-state index contributed by atoms with van der Waals surface area (Å²) in [5.74, 6) is 0. The average molecular weight is 512 g/mol. The number of carbonyl (C=O) groups excluding carboxylic acids is 2. The van der Waals surface area contributed by atoms with Crippen LogP contribution in [0.1, 0.15) is 25.7 Å². The molecule has 4 rings (SSSR count). The van der Waals surface area contributed by atoms with Crippen molar-refractivity contribution in [2.45, 2.75) is 59.5 Å². The van der Waals surface area contributed by atoms with Crippen LogP contribution in [0.4, 0.5) is 9.59 Å². The molecular formula is C14H18Cl4N4O6S. The van der Waals surface area contributed by atoms with Gasteiger partial charge in [-0.25, -0.2) is 9.59 Å². The maximum absolute atomic E-state index is 12.6. The number of hydrogen-bond acceptors (Lipinski definition) is 6. The zero-order chi connectivity index (χ0) is 21.1. The van der Waals surface area contributed by atoms with Crippen molar-refractivity contribution < 1.29 is 26.6 Å². The molecule has 4 amide bonds. The van der Waals surface area contributed by atoms with Crippen LogP contribution >= 0.6 is 46.4 Å². The lowest BCUT2D eigenvalue weighted by Crippen LogP contribution is -2.44. The molecule has 0 aromatic rings. The van der Waals surface area contributed by atoms with E-state index >= 15 is 0 Å². The number of carbonyl (C=O) groups is 2. The molecule has 4 aliphatic rings. The van der Waals surface area contributed by atoms with Gasteiger partial charge in [-0.05, 0) is 25.7 Å². The normalized spacial score (nSPS) is 32.3. The van der Waals surface area contributed by atoms with E-state index in [1.807, 2.05) is 0 Å². The number of hydrogen-bond donors (Lipinski definition) is 0. The third kappa shape index (κ3) is 3.95. The van der Waals surface area contributed by atoms with Crippen LogP contribution in [0.5, 0.6) is 0 Å². The molecule has 0 spiro atoms. The zero-order valence-corrected chi connectivity index (χ0v) is 18.7. The third-order valence-electron chi connectivity index (χ3n) is 5.66. The smallest absolute Gasteiger partial charge is 0.315 e. The van der Waals surface area contributed by atoms with E-state index in [-0.39, 0.29) is 13.1 Å². The first kappa shape index (κ1) is 21.8. The van der Waals surface area contributed by atoms with Crippen LogP contribution in [0, 0.1) is 0 Å². The predicted octanol–water partition coefficient (Wildman–Crippen LogP) is 2.24. The van der Waals surface area contributed by atoms with E-state index < -0.39 is 56.3 Å². The van der Waals surface area contributed by atoms with Gasteiger partial charge in [0, 0.05) is 13.1 Å². The first-order chi connectivity index (χ1) is 13.6. The Morgan fingerprint density at radius 2 is 1.14 bits per heavy atom. The van der Waals surface area contributed by atoms with E-state index in [2.05, 4.69) is 0 Å². The number of piperidine rings is 2. The van der Waals surface area contributed by atoms with Gasteiger partial charge in [0.15, 0.2) is 0 Å². The average Bonchev–Trinajstić information content (AvgIpc) is 3.01. The molecule has 10 nitrogen and oxygen atoms in total. The molecule has 0 unspecified atom stereocenters. The first-order valence-electron chi connectivity index (χ1n) is 8.99. The van der Waals surface area contributed by atoms with Crippen LogP contribution in [0.25, 0.3) is 0 Å². The van der Waals surface area contributed by atoms with Gasteiger partial charge in [0.2, 0.25) is 0 Å². The van der Waals surface area contributed by atoms with Crippen molar-refractivity contribution in [2.75, 3.05) is 13.1 Å². The summed E-state index contributed by atoms with van der Waals surface area (Å²) >= 11 is 23.6. The fourth-order valence-corrected chi connectivity index (χ4v) is 6.09. The molecule has 4 heterocycles. The summed E-state index contributed by atoms with van der Waals surface area (Å²) in [6.07, 6.45) is 1.95. The minimum absolute atomic E-state index is 0.239. The minimum atomic E-state index is -4.74. The van der Waals surface area contributed by atoms with Gasteiger partial charge in [-0.2, -0.15) is 18.5 Å². The maximum Gasteiger partial charge on any atom is 0.442 e. The van der Waals surface area contributed by atoms with Crippen LogP contribution in [0.15, 0.2) is 0 Å². The Kier molecular flexibility index (Phi) is 5.95. The molecule has 4 aliphatic heterocycles. The lowest BCUT2D eigenvalue weighted by Gasteiger charge is -2.30. The number of hydroxylamine groups is 4. The molecule has 4 saturated heterocycles. The largest absolute Gasteiger partial charge is 0.442 e. The Balaban J connectivity index is 1.44. The minimum Gasteiger partial charge on any atom is -0.315 e. The van der Waals surface area contributed by atoms with Crippen molar-refractivity contribution >= 4 is 68.9 Å². The Bertz CT molecular complexity index is 743. The molecule has 4 bridgehead atoms. The SMILES string of the molecule is O=C1N2C[C@@H](CC[C@H]2C(Cl)Cl)N1OS(=O)(=O)ON1C(=O)N2C[C@H]1CC[C@H]2C(Cl)Cl. The lowest BCUT2D eigenvalue weighted by molar-refractivity contribution is -0.0841. The third-order valence-corrected chi connectivity index (χ3v) is 7.51. The van der Waals surface area contributed by atoms with Gasteiger partial charge in [0.05, 0.1) is 24.2 Å². The Labute approximate surface area is 187 Å². The van der Waals surface area contributed by atoms with Gasteiger partial charge in [-0.15, -0.1) is 55.0 Å². The first-order valence-corrected chi connectivity index (χ1v) is 12.1. The number of fused-ring (bicyclic) bond motifs is 4. The quantitative estimate of drug-likeness (QED) is 0.507. The van der Waals surface area contributed by atoms with E-state index in [0.717, 1.165) is 10.1 Å². The number of rotatable bonds is 6. The molecule has 0 aromatic carbocycles. The van der Waals surface area contributed by atoms with E-state index in [4.69, 9.17) is 55.0 Å². The summed E-state index contributed by atoms with van der Waals surface area (Å²) < 4.78 is 34.8. The fraction of sp³-hybridized carbons (Fsp3) is 0.857. The number of amides is 4. The molecule has 164 valence electrons. The molecule has 15 heteroatoms. The monoisotopic (exact) mass is 510 g/mol. The molecule has 0 aliphatic carbocycles. The van der Waals surface area contributed by atoms with Crippen LogP contribution in [0.2, 0.25) is 0 Å². The molecule has 4 atom stereocenters. The van der Waals surface area contributed by atoms with E-state index in [0.29, 0.717) is 25.7 Å². The molecule has 4 fully saturated rings. The Morgan fingerprint density at radius 1 is 0.759 bits per heavy atom. The van der Waals surface area contributed by atoms with Gasteiger partial charge in [-0.1, -0.05) is 0 Å². The number of halogens is 4. The standard InChI is InChI=1S/C14H18Cl4N4O6S/c15-11(16)9-3-1-7-5-19(9)13(23)21(7)27-29(25,26)28-22-8-2-4-10(12(17)18)20(6-8)14(22)24/h7-12H,1-6H2/t7-,8-,9+,10+/m1/s1. The second kappa shape index (κ2) is 7.92. The highest BCUT2D eigenvalue weighted by Crippen LogP contribution is 2.36. The van der Waals surface area contributed by atoms with E-state index in [9.17, 15) is 18.0 Å². The van der Waals surface area contributed by atoms with Crippen molar-refractivity contribution in [1.82, 2.24) is 19.9 Å². The highest BCUT2D eigenvalue weighted by molar-refractivity contribution is 7.81. The molecule has 0 radical (unpaired) electrons. The van der Waals surface area contributed by atoms with E-state index in [1.165, 1.54) is 9.80 Å². The zero-order valence-electron chi connectivity index (χ0n) is 14.9. The molecular weight excluding hydrogens is 494 g/mol. The summed E-state index contributed by atoms with van der Waals surface area (Å²) in [6, 6.07) is -3.17. The highest BCUT2D eigenvalue weighted by Gasteiger charge is 2.52. The second-order valence-electron chi connectivity index (χ2n) is 7.34. The van der Waals surface area contributed by atoms with Crippen LogP contribution in [0.3, 0.4) is 0 Å². The van der Waals surface area contributed by atoms with Crippen LogP contribution in [-0.4, -0.2) is 87.3 Å². The molecule has 0 saturated carbocycles. The van der Waals surface area contributed by atoms with Crippen molar-refractivity contribution in [1.29, 1.82) is 0 Å². The summed E-state index contributed by atoms with van der Waals surface area (Å²) in [5.41, 5.74) is 0. The van der Waals surface area contributed by atoms with Gasteiger partial charge in [0.1, 0.15) is 9.67 Å². The van der Waals surface area contributed by atoms with Crippen LogP contribution < -0.4 is 0 Å². The van der Waals surface area contributed by atoms with E-state index in [1.54, 1.807) is 0 Å². The van der Waals surface area contributed by atoms with Crippen molar-refractivity contribution in [3.8, 4) is 0 Å². The number of nitrogens with zero attached hydrogens (tertiary/aromatic N) is 4. The van der Waals surface area contributed by atoms with Gasteiger partial charge < -0.3 is 9.80 Å². The van der Waals surface area contributed by atoms with Gasteiger partial charge in [-0.3, -0.25) is 0 Å². The van der Waals surface area contributed by atoms with Gasteiger partial charge >= 0.3 is 22.5 Å². The number of alkyl halides is 4. The molecule has 0 aromatic heterocycles. The van der Waals surface area contributed by atoms with Crippen molar-refractivity contribution in [2.24, 2.45) is 0 Å². The summed E-state index contributed by atoms with van der Waals surface area (Å²) in [7, 11) is -4.74. The van der Waals surface area contributed by atoms with Gasteiger partial charge in [0.25, 0.3) is 0 Å². The Hall–Kier alpha value is -0.430. The molecule has 29 heavy (non-hydrogen) atoms.